The van der Waals surface area contributed by atoms with E-state index in [-0.39, 0.29) is 11.6 Å². The van der Waals surface area contributed by atoms with Crippen molar-refractivity contribution in [2.75, 3.05) is 21.3 Å². The van der Waals surface area contributed by atoms with E-state index >= 15 is 0 Å². The van der Waals surface area contributed by atoms with Crippen molar-refractivity contribution >= 4 is 52.0 Å². The monoisotopic (exact) mass is 546 g/mol. The number of aromatic amines is 1. The highest BCUT2D eigenvalue weighted by molar-refractivity contribution is 6.35. The van der Waals surface area contributed by atoms with Crippen LogP contribution in [0.2, 0.25) is 0 Å². The number of halogens is 3. The Balaban J connectivity index is 1.27. The summed E-state index contributed by atoms with van der Waals surface area (Å²) in [6, 6.07) is 16.0. The van der Waals surface area contributed by atoms with Crippen LogP contribution in [0.3, 0.4) is 0 Å². The zero-order chi connectivity index (χ0) is 28.4. The second-order valence-corrected chi connectivity index (χ2v) is 9.18. The molecular formula is C29H25F3N6O2. The number of benzene rings is 3. The van der Waals surface area contributed by atoms with E-state index in [4.69, 9.17) is 0 Å². The van der Waals surface area contributed by atoms with E-state index in [1.807, 2.05) is 32.0 Å². The van der Waals surface area contributed by atoms with Crippen molar-refractivity contribution in [2.45, 2.75) is 26.4 Å². The van der Waals surface area contributed by atoms with Gasteiger partial charge in [0, 0.05) is 40.4 Å². The number of nitrogens with one attached hydrogen (secondary N) is 5. The molecule has 8 nitrogen and oxygen atoms in total. The van der Waals surface area contributed by atoms with Gasteiger partial charge >= 0.3 is 12.2 Å². The highest BCUT2D eigenvalue weighted by Gasteiger charge is 2.30. The summed E-state index contributed by atoms with van der Waals surface area (Å²) < 4.78 is 38.8. The number of amides is 3. The Kier molecular flexibility index (Phi) is 7.03. The third-order valence-corrected chi connectivity index (χ3v) is 6.25. The van der Waals surface area contributed by atoms with Gasteiger partial charge in [0.05, 0.1) is 22.5 Å². The van der Waals surface area contributed by atoms with Crippen LogP contribution in [0, 0.1) is 6.92 Å². The Morgan fingerprint density at radius 3 is 2.33 bits per heavy atom. The predicted octanol–water partition coefficient (Wildman–Crippen LogP) is 7.18. The number of H-pyrrole nitrogens is 1. The molecular weight excluding hydrogens is 521 g/mol. The molecule has 40 heavy (non-hydrogen) atoms. The largest absolute Gasteiger partial charge is 0.416 e. The summed E-state index contributed by atoms with van der Waals surface area (Å²) in [5.41, 5.74) is 4.49. The molecule has 5 rings (SSSR count). The quantitative estimate of drug-likeness (QED) is 0.165. The number of nitrogens with zero attached hydrogens (tertiary/aromatic N) is 1. The first kappa shape index (κ1) is 26.5. The van der Waals surface area contributed by atoms with Gasteiger partial charge in [-0.25, -0.2) is 9.78 Å². The molecule has 3 amide bonds. The molecule has 3 aromatic carbocycles. The lowest BCUT2D eigenvalue weighted by molar-refractivity contribution is -0.137. The van der Waals surface area contributed by atoms with Gasteiger partial charge in [0.25, 0.3) is 5.91 Å². The zero-order valence-electron chi connectivity index (χ0n) is 21.5. The van der Waals surface area contributed by atoms with Crippen molar-refractivity contribution < 1.29 is 22.8 Å². The van der Waals surface area contributed by atoms with Crippen molar-refractivity contribution in [1.82, 2.24) is 9.97 Å². The normalized spacial score (nSPS) is 13.6. The van der Waals surface area contributed by atoms with Crippen LogP contribution in [0.25, 0.3) is 11.6 Å². The molecule has 0 saturated carbocycles. The average molecular weight is 547 g/mol. The van der Waals surface area contributed by atoms with E-state index < -0.39 is 17.8 Å². The number of imidazole rings is 1. The Morgan fingerprint density at radius 1 is 0.950 bits per heavy atom. The number of carbonyl (C=O) groups is 2. The van der Waals surface area contributed by atoms with E-state index in [1.165, 1.54) is 12.1 Å². The van der Waals surface area contributed by atoms with Crippen LogP contribution >= 0.6 is 0 Å². The smallest absolute Gasteiger partial charge is 0.355 e. The lowest BCUT2D eigenvalue weighted by Gasteiger charge is -2.12. The van der Waals surface area contributed by atoms with Gasteiger partial charge in [0.1, 0.15) is 5.82 Å². The van der Waals surface area contributed by atoms with Crippen LogP contribution in [-0.2, 0) is 17.4 Å². The fraction of sp³-hybridized carbons (Fsp3) is 0.138. The maximum Gasteiger partial charge on any atom is 0.416 e. The highest BCUT2D eigenvalue weighted by atomic mass is 19.4. The Labute approximate surface area is 227 Å². The van der Waals surface area contributed by atoms with E-state index in [9.17, 15) is 22.8 Å². The number of anilines is 5. The van der Waals surface area contributed by atoms with Gasteiger partial charge in [0.2, 0.25) is 0 Å². The van der Waals surface area contributed by atoms with Crippen LogP contribution in [0.15, 0.2) is 66.7 Å². The van der Waals surface area contributed by atoms with Gasteiger partial charge < -0.3 is 26.3 Å². The Morgan fingerprint density at radius 2 is 1.62 bits per heavy atom. The molecule has 4 aromatic rings. The van der Waals surface area contributed by atoms with Crippen molar-refractivity contribution in [3.05, 3.63) is 95.1 Å². The molecule has 11 heteroatoms. The number of alkyl halides is 3. The molecule has 1 aliphatic heterocycles. The summed E-state index contributed by atoms with van der Waals surface area (Å²) in [6.45, 7) is 3.92. The van der Waals surface area contributed by atoms with Crippen molar-refractivity contribution in [3.8, 4) is 0 Å². The molecule has 204 valence electrons. The number of hydrogen-bond acceptors (Lipinski definition) is 4. The van der Waals surface area contributed by atoms with Crippen LogP contribution in [0.5, 0.6) is 0 Å². The molecule has 1 aliphatic rings. The van der Waals surface area contributed by atoms with Gasteiger partial charge in [0.15, 0.2) is 0 Å². The first-order valence-electron chi connectivity index (χ1n) is 12.4. The van der Waals surface area contributed by atoms with E-state index in [0.717, 1.165) is 41.3 Å². The van der Waals surface area contributed by atoms with Crippen molar-refractivity contribution in [2.24, 2.45) is 0 Å². The molecule has 0 radical (unpaired) electrons. The molecule has 2 heterocycles. The summed E-state index contributed by atoms with van der Waals surface area (Å²) in [5.74, 6) is 0.637. The number of carbonyl (C=O) groups excluding carboxylic acids is 2. The van der Waals surface area contributed by atoms with Crippen LogP contribution in [0.1, 0.15) is 35.3 Å². The SMILES string of the molecule is CCc1nc(/C=C2\C(=O)Nc3cc(Nc4cccc(NC(=O)Nc5cccc(C(F)(F)F)c5)c4)ccc32)c(C)[nH]1. The first-order valence-corrected chi connectivity index (χ1v) is 12.4. The maximum atomic E-state index is 12.9. The Bertz CT molecular complexity index is 1640. The minimum atomic E-state index is -4.51. The molecule has 0 bridgehead atoms. The second-order valence-electron chi connectivity index (χ2n) is 9.18. The number of rotatable bonds is 6. The first-order chi connectivity index (χ1) is 19.1. The summed E-state index contributed by atoms with van der Waals surface area (Å²) in [6.07, 6.45) is -1.97. The predicted molar refractivity (Wildman–Crippen MR) is 149 cm³/mol. The van der Waals surface area contributed by atoms with Crippen LogP contribution in [0.4, 0.5) is 46.4 Å². The number of aromatic nitrogens is 2. The highest BCUT2D eigenvalue weighted by Crippen LogP contribution is 2.36. The van der Waals surface area contributed by atoms with Gasteiger partial charge in [-0.15, -0.1) is 0 Å². The number of aryl methyl sites for hydroxylation is 2. The van der Waals surface area contributed by atoms with Gasteiger partial charge in [-0.3, -0.25) is 4.79 Å². The topological polar surface area (TPSA) is 111 Å². The molecule has 0 saturated heterocycles. The summed E-state index contributed by atoms with van der Waals surface area (Å²) in [7, 11) is 0. The van der Waals surface area contributed by atoms with Gasteiger partial charge in [-0.05, 0) is 61.5 Å². The fourth-order valence-electron chi connectivity index (χ4n) is 4.31. The van der Waals surface area contributed by atoms with Crippen LogP contribution < -0.4 is 21.3 Å². The van der Waals surface area contributed by atoms with Crippen LogP contribution in [-0.4, -0.2) is 21.9 Å². The van der Waals surface area contributed by atoms with E-state index in [0.29, 0.717) is 28.3 Å². The number of urea groups is 1. The second kappa shape index (κ2) is 10.6. The molecule has 0 aliphatic carbocycles. The van der Waals surface area contributed by atoms with Gasteiger partial charge in [-0.2, -0.15) is 13.2 Å². The van der Waals surface area contributed by atoms with Crippen molar-refractivity contribution in [1.29, 1.82) is 0 Å². The van der Waals surface area contributed by atoms with Gasteiger partial charge in [-0.1, -0.05) is 25.1 Å². The lowest BCUT2D eigenvalue weighted by atomic mass is 10.0. The average Bonchev–Trinajstić information content (AvgIpc) is 3.41. The third kappa shape index (κ3) is 5.83. The minimum Gasteiger partial charge on any atom is -0.355 e. The Hall–Kier alpha value is -5.06. The fourth-order valence-corrected chi connectivity index (χ4v) is 4.31. The summed E-state index contributed by atoms with van der Waals surface area (Å²) in [4.78, 5) is 32.8. The van der Waals surface area contributed by atoms with E-state index in [1.54, 1.807) is 30.3 Å². The molecule has 0 spiro atoms. The number of fused-ring (bicyclic) bond motifs is 1. The molecule has 0 fully saturated rings. The lowest BCUT2D eigenvalue weighted by Crippen LogP contribution is -2.19. The minimum absolute atomic E-state index is 0.0171. The van der Waals surface area contributed by atoms with Crippen molar-refractivity contribution in [3.63, 3.8) is 0 Å². The molecule has 0 atom stereocenters. The molecule has 1 aromatic heterocycles. The summed E-state index contributed by atoms with van der Waals surface area (Å²) in [5, 5.41) is 11.2. The standard InChI is InChI=1S/C29H25F3N6O2/c1-3-26-33-16(2)24(37-26)15-23-22-11-10-21(14-25(22)38-27(23)39)34-19-8-5-9-20(13-19)36-28(40)35-18-7-4-6-17(12-18)29(30,31)32/h4-15,34H,3H2,1-2H3,(H,33,37)(H,38,39)(H2,35,36,40)/b23-15-. The molecule has 5 N–H and O–H groups in total. The summed E-state index contributed by atoms with van der Waals surface area (Å²) >= 11 is 0. The number of hydrogen-bond donors (Lipinski definition) is 5. The maximum absolute atomic E-state index is 12.9. The molecule has 0 unspecified atom stereocenters. The zero-order valence-corrected chi connectivity index (χ0v) is 21.5. The third-order valence-electron chi connectivity index (χ3n) is 6.25. The van der Waals surface area contributed by atoms with E-state index in [2.05, 4.69) is 31.2 Å².